The van der Waals surface area contributed by atoms with Gasteiger partial charge in [0, 0.05) is 18.6 Å². The molecule has 0 radical (unpaired) electrons. The van der Waals surface area contributed by atoms with Crippen molar-refractivity contribution in [1.82, 2.24) is 4.31 Å². The van der Waals surface area contributed by atoms with E-state index in [1.54, 1.807) is 6.92 Å². The van der Waals surface area contributed by atoms with Crippen molar-refractivity contribution in [2.75, 3.05) is 13.7 Å². The third-order valence-electron chi connectivity index (χ3n) is 4.15. The van der Waals surface area contributed by atoms with Crippen LogP contribution in [0.1, 0.15) is 36.5 Å². The number of piperidine rings is 1. The Morgan fingerprint density at radius 2 is 2.09 bits per heavy atom. The Labute approximate surface area is 136 Å². The average Bonchev–Trinajstić information content (AvgIpc) is 2.54. The lowest BCUT2D eigenvalue weighted by atomic mass is 10.00. The predicted octanol–water partition coefficient (Wildman–Crippen LogP) is 0.685. The first-order valence-corrected chi connectivity index (χ1v) is 8.98. The lowest BCUT2D eigenvalue weighted by Crippen LogP contribution is -2.51. The summed E-state index contributed by atoms with van der Waals surface area (Å²) in [7, 11) is -2.35. The zero-order valence-electron chi connectivity index (χ0n) is 13.4. The number of sulfonamides is 1. The number of nitrogens with zero attached hydrogens (tertiary/aromatic N) is 1. The summed E-state index contributed by atoms with van der Waals surface area (Å²) in [5.74, 6) is -0.486. The van der Waals surface area contributed by atoms with Crippen molar-refractivity contribution >= 4 is 15.9 Å². The van der Waals surface area contributed by atoms with Gasteiger partial charge in [-0.2, -0.15) is 4.31 Å². The Kier molecular flexibility index (Phi) is 5.28. The standard InChI is InChI=1S/C15H23N3O4S/c1-10(16)13-5-3-4-8-18(13)23(20,21)11-6-7-14(22-2)12(9-11)15(17)19/h6-7,9-10,13H,3-5,8,16H2,1-2H3,(H2,17,19). The summed E-state index contributed by atoms with van der Waals surface area (Å²) >= 11 is 0. The van der Waals surface area contributed by atoms with Crippen LogP contribution < -0.4 is 16.2 Å². The SMILES string of the molecule is COc1ccc(S(=O)(=O)N2CCCCC2C(C)N)cc1C(N)=O. The topological polar surface area (TPSA) is 116 Å². The Hall–Kier alpha value is -1.64. The van der Waals surface area contributed by atoms with E-state index < -0.39 is 15.9 Å². The first-order chi connectivity index (χ1) is 10.8. The van der Waals surface area contributed by atoms with Crippen molar-refractivity contribution in [3.8, 4) is 5.75 Å². The Morgan fingerprint density at radius 1 is 1.39 bits per heavy atom. The fourth-order valence-electron chi connectivity index (χ4n) is 2.93. The zero-order valence-corrected chi connectivity index (χ0v) is 14.2. The van der Waals surface area contributed by atoms with Gasteiger partial charge in [0.15, 0.2) is 0 Å². The minimum atomic E-state index is -3.75. The molecule has 1 aliphatic rings. The van der Waals surface area contributed by atoms with Gasteiger partial charge >= 0.3 is 0 Å². The molecule has 1 fully saturated rings. The molecular weight excluding hydrogens is 318 g/mol. The first kappa shape index (κ1) is 17.7. The quantitative estimate of drug-likeness (QED) is 0.817. The molecule has 2 atom stereocenters. The van der Waals surface area contributed by atoms with Crippen LogP contribution in [-0.2, 0) is 10.0 Å². The van der Waals surface area contributed by atoms with Crippen LogP contribution in [0.3, 0.4) is 0 Å². The highest BCUT2D eigenvalue weighted by atomic mass is 32.2. The van der Waals surface area contributed by atoms with Gasteiger partial charge in [-0.1, -0.05) is 6.42 Å². The number of ether oxygens (including phenoxy) is 1. The molecule has 1 aliphatic heterocycles. The van der Waals surface area contributed by atoms with Crippen LogP contribution in [0.25, 0.3) is 0 Å². The maximum absolute atomic E-state index is 13.0. The minimum absolute atomic E-state index is 0.0275. The summed E-state index contributed by atoms with van der Waals surface area (Å²) in [5.41, 5.74) is 11.3. The highest BCUT2D eigenvalue weighted by Gasteiger charge is 2.35. The molecule has 0 aromatic heterocycles. The van der Waals surface area contributed by atoms with Crippen LogP contribution in [-0.4, -0.2) is 44.4 Å². The van der Waals surface area contributed by atoms with Crippen molar-refractivity contribution in [3.63, 3.8) is 0 Å². The van der Waals surface area contributed by atoms with E-state index in [4.69, 9.17) is 16.2 Å². The second-order valence-corrected chi connectivity index (χ2v) is 7.65. The van der Waals surface area contributed by atoms with Gasteiger partial charge in [-0.05, 0) is 38.0 Å². The molecule has 0 spiro atoms. The Morgan fingerprint density at radius 3 is 2.65 bits per heavy atom. The van der Waals surface area contributed by atoms with Crippen LogP contribution in [0.15, 0.2) is 23.1 Å². The third-order valence-corrected chi connectivity index (χ3v) is 6.07. The lowest BCUT2D eigenvalue weighted by Gasteiger charge is -2.36. The molecule has 1 saturated heterocycles. The van der Waals surface area contributed by atoms with E-state index in [1.807, 2.05) is 0 Å². The number of hydrogen-bond donors (Lipinski definition) is 2. The third kappa shape index (κ3) is 3.49. The summed E-state index contributed by atoms with van der Waals surface area (Å²) in [6.07, 6.45) is 2.48. The molecule has 1 amide bonds. The van der Waals surface area contributed by atoms with Crippen molar-refractivity contribution < 1.29 is 17.9 Å². The molecule has 0 saturated carbocycles. The molecule has 0 bridgehead atoms. The zero-order chi connectivity index (χ0) is 17.2. The summed E-state index contributed by atoms with van der Waals surface area (Å²) in [4.78, 5) is 11.5. The fraction of sp³-hybridized carbons (Fsp3) is 0.533. The predicted molar refractivity (Wildman–Crippen MR) is 86.7 cm³/mol. The maximum atomic E-state index is 13.0. The van der Waals surface area contributed by atoms with Gasteiger partial charge in [-0.25, -0.2) is 8.42 Å². The van der Waals surface area contributed by atoms with E-state index >= 15 is 0 Å². The van der Waals surface area contributed by atoms with Crippen molar-refractivity contribution in [1.29, 1.82) is 0 Å². The number of benzene rings is 1. The van der Waals surface area contributed by atoms with E-state index in [0.29, 0.717) is 6.54 Å². The minimum Gasteiger partial charge on any atom is -0.496 e. The molecule has 2 unspecified atom stereocenters. The summed E-state index contributed by atoms with van der Waals surface area (Å²) < 4.78 is 32.4. The lowest BCUT2D eigenvalue weighted by molar-refractivity contribution is 0.0997. The molecule has 23 heavy (non-hydrogen) atoms. The van der Waals surface area contributed by atoms with Gasteiger partial charge < -0.3 is 16.2 Å². The summed E-state index contributed by atoms with van der Waals surface area (Å²) in [6, 6.07) is 3.63. The molecular formula is C15H23N3O4S. The van der Waals surface area contributed by atoms with Gasteiger partial charge in [0.2, 0.25) is 10.0 Å². The second-order valence-electron chi connectivity index (χ2n) is 5.76. The molecule has 1 aromatic carbocycles. The van der Waals surface area contributed by atoms with E-state index in [-0.39, 0.29) is 28.3 Å². The number of methoxy groups -OCH3 is 1. The Bertz CT molecular complexity index is 688. The van der Waals surface area contributed by atoms with Crippen LogP contribution >= 0.6 is 0 Å². The van der Waals surface area contributed by atoms with Gasteiger partial charge in [0.05, 0.1) is 17.6 Å². The highest BCUT2D eigenvalue weighted by Crippen LogP contribution is 2.29. The van der Waals surface area contributed by atoms with Crippen molar-refractivity contribution in [3.05, 3.63) is 23.8 Å². The molecule has 2 rings (SSSR count). The van der Waals surface area contributed by atoms with Crippen LogP contribution in [0, 0.1) is 0 Å². The van der Waals surface area contributed by atoms with Crippen LogP contribution in [0.5, 0.6) is 5.75 Å². The summed E-state index contributed by atoms with van der Waals surface area (Å²) in [6.45, 7) is 2.23. The normalized spacial score (nSPS) is 20.9. The van der Waals surface area contributed by atoms with Gasteiger partial charge in [0.1, 0.15) is 5.75 Å². The molecule has 0 aliphatic carbocycles. The van der Waals surface area contributed by atoms with E-state index in [1.165, 1.54) is 29.6 Å². The largest absolute Gasteiger partial charge is 0.496 e. The van der Waals surface area contributed by atoms with Crippen molar-refractivity contribution in [2.45, 2.75) is 43.2 Å². The molecule has 4 N–H and O–H groups in total. The number of rotatable bonds is 5. The summed E-state index contributed by atoms with van der Waals surface area (Å²) in [5, 5.41) is 0. The highest BCUT2D eigenvalue weighted by molar-refractivity contribution is 7.89. The molecule has 1 aromatic rings. The number of primary amides is 1. The Balaban J connectivity index is 2.46. The number of nitrogens with two attached hydrogens (primary N) is 2. The first-order valence-electron chi connectivity index (χ1n) is 7.54. The van der Waals surface area contributed by atoms with Crippen molar-refractivity contribution in [2.24, 2.45) is 11.5 Å². The van der Waals surface area contributed by atoms with Crippen LogP contribution in [0.2, 0.25) is 0 Å². The molecule has 128 valence electrons. The van der Waals surface area contributed by atoms with E-state index in [2.05, 4.69) is 0 Å². The smallest absolute Gasteiger partial charge is 0.252 e. The number of amides is 1. The number of carbonyl (C=O) groups is 1. The number of carbonyl (C=O) groups excluding carboxylic acids is 1. The average molecular weight is 341 g/mol. The number of hydrogen-bond acceptors (Lipinski definition) is 5. The monoisotopic (exact) mass is 341 g/mol. The van der Waals surface area contributed by atoms with Gasteiger partial charge in [-0.15, -0.1) is 0 Å². The second kappa shape index (κ2) is 6.86. The van der Waals surface area contributed by atoms with Gasteiger partial charge in [-0.3, -0.25) is 4.79 Å². The maximum Gasteiger partial charge on any atom is 0.252 e. The van der Waals surface area contributed by atoms with Crippen LogP contribution in [0.4, 0.5) is 0 Å². The van der Waals surface area contributed by atoms with Gasteiger partial charge in [0.25, 0.3) is 5.91 Å². The molecule has 8 heteroatoms. The fourth-order valence-corrected chi connectivity index (χ4v) is 4.73. The molecule has 7 nitrogen and oxygen atoms in total. The van der Waals surface area contributed by atoms with E-state index in [9.17, 15) is 13.2 Å². The van der Waals surface area contributed by atoms with E-state index in [0.717, 1.165) is 19.3 Å². The molecule has 1 heterocycles.